The van der Waals surface area contributed by atoms with E-state index in [0.717, 1.165) is 5.82 Å². The molecule has 0 atom stereocenters. The van der Waals surface area contributed by atoms with Crippen LogP contribution < -0.4 is 0 Å². The van der Waals surface area contributed by atoms with Gasteiger partial charge in [0.05, 0.1) is 6.61 Å². The van der Waals surface area contributed by atoms with Crippen LogP contribution in [0.4, 0.5) is 0 Å². The number of aromatic nitrogens is 3. The van der Waals surface area contributed by atoms with Gasteiger partial charge in [0.1, 0.15) is 5.82 Å². The van der Waals surface area contributed by atoms with Gasteiger partial charge in [-0.15, -0.1) is 5.10 Å². The van der Waals surface area contributed by atoms with Crippen LogP contribution in [-0.2, 0) is 10.2 Å². The zero-order valence-electron chi connectivity index (χ0n) is 13.4. The molecule has 6 heteroatoms. The fourth-order valence-electron chi connectivity index (χ4n) is 1.75. The van der Waals surface area contributed by atoms with Crippen LogP contribution in [0.25, 0.3) is 0 Å². The number of H-pyrrole nitrogens is 1. The number of hydrogen-bond acceptors (Lipinski definition) is 4. The number of amides is 1. The summed E-state index contributed by atoms with van der Waals surface area (Å²) in [6.07, 6.45) is 0. The minimum Gasteiger partial charge on any atom is -0.383 e. The lowest BCUT2D eigenvalue weighted by molar-refractivity contribution is 0.0660. The SMILES string of the molecule is COCCN(CC(C)C)C(=O)c1n[nH]c(C(C)(C)C)n1. The molecule has 1 aromatic rings. The highest BCUT2D eigenvalue weighted by Gasteiger charge is 2.24. The monoisotopic (exact) mass is 282 g/mol. The second kappa shape index (κ2) is 6.83. The average Bonchev–Trinajstić information content (AvgIpc) is 2.82. The summed E-state index contributed by atoms with van der Waals surface area (Å²) in [5.41, 5.74) is -0.152. The van der Waals surface area contributed by atoms with E-state index in [0.29, 0.717) is 25.6 Å². The van der Waals surface area contributed by atoms with Gasteiger partial charge in [-0.05, 0) is 5.92 Å². The van der Waals surface area contributed by atoms with Crippen LogP contribution in [0.5, 0.6) is 0 Å². The Labute approximate surface area is 120 Å². The van der Waals surface area contributed by atoms with Gasteiger partial charge >= 0.3 is 0 Å². The molecule has 0 aliphatic heterocycles. The molecule has 1 rings (SSSR count). The molecule has 1 N–H and O–H groups in total. The second-order valence-electron chi connectivity index (χ2n) is 6.40. The van der Waals surface area contributed by atoms with Crippen LogP contribution in [0.3, 0.4) is 0 Å². The maximum absolute atomic E-state index is 12.5. The Morgan fingerprint density at radius 2 is 2.05 bits per heavy atom. The molecule has 0 aliphatic carbocycles. The predicted octanol–water partition coefficient (Wildman–Crippen LogP) is 1.85. The van der Waals surface area contributed by atoms with Gasteiger partial charge in [-0.2, -0.15) is 0 Å². The normalized spacial score (nSPS) is 11.9. The van der Waals surface area contributed by atoms with E-state index in [9.17, 15) is 4.79 Å². The molecule has 114 valence electrons. The highest BCUT2D eigenvalue weighted by molar-refractivity contribution is 5.90. The fraction of sp³-hybridized carbons (Fsp3) is 0.786. The number of ether oxygens (including phenoxy) is 1. The number of rotatable bonds is 6. The van der Waals surface area contributed by atoms with Crippen molar-refractivity contribution in [2.75, 3.05) is 26.8 Å². The Kier molecular flexibility index (Phi) is 5.68. The van der Waals surface area contributed by atoms with E-state index in [4.69, 9.17) is 4.74 Å². The number of carbonyl (C=O) groups excluding carboxylic acids is 1. The number of nitrogens with one attached hydrogen (secondary N) is 1. The molecule has 0 aliphatic rings. The summed E-state index contributed by atoms with van der Waals surface area (Å²) in [6.45, 7) is 12.0. The van der Waals surface area contributed by atoms with E-state index >= 15 is 0 Å². The van der Waals surface area contributed by atoms with Gasteiger partial charge in [-0.1, -0.05) is 34.6 Å². The first-order valence-electron chi connectivity index (χ1n) is 6.96. The summed E-state index contributed by atoms with van der Waals surface area (Å²) in [5, 5.41) is 6.90. The molecular formula is C14H26N4O2. The summed E-state index contributed by atoms with van der Waals surface area (Å²) in [7, 11) is 1.63. The molecule has 0 spiro atoms. The van der Waals surface area contributed by atoms with Gasteiger partial charge < -0.3 is 9.64 Å². The lowest BCUT2D eigenvalue weighted by Gasteiger charge is -2.22. The molecule has 6 nitrogen and oxygen atoms in total. The van der Waals surface area contributed by atoms with Gasteiger partial charge in [0.25, 0.3) is 5.91 Å². The number of aromatic amines is 1. The topological polar surface area (TPSA) is 71.1 Å². The zero-order chi connectivity index (χ0) is 15.3. The minimum absolute atomic E-state index is 0.150. The van der Waals surface area contributed by atoms with E-state index < -0.39 is 0 Å². The van der Waals surface area contributed by atoms with Gasteiger partial charge in [0, 0.05) is 25.6 Å². The first kappa shape index (κ1) is 16.6. The number of nitrogens with zero attached hydrogens (tertiary/aromatic N) is 3. The van der Waals surface area contributed by atoms with Crippen LogP contribution in [0.2, 0.25) is 0 Å². The lowest BCUT2D eigenvalue weighted by Crippen LogP contribution is -2.37. The van der Waals surface area contributed by atoms with Crippen molar-refractivity contribution >= 4 is 5.91 Å². The second-order valence-corrected chi connectivity index (χ2v) is 6.40. The minimum atomic E-state index is -0.152. The molecule has 0 saturated heterocycles. The average molecular weight is 282 g/mol. The third-order valence-corrected chi connectivity index (χ3v) is 2.83. The molecule has 1 heterocycles. The van der Waals surface area contributed by atoms with Gasteiger partial charge in [0.2, 0.25) is 5.82 Å². The van der Waals surface area contributed by atoms with Crippen molar-refractivity contribution in [1.29, 1.82) is 0 Å². The van der Waals surface area contributed by atoms with Crippen LogP contribution in [0, 0.1) is 5.92 Å². The lowest BCUT2D eigenvalue weighted by atomic mass is 9.96. The Bertz CT molecular complexity index is 435. The van der Waals surface area contributed by atoms with E-state index in [2.05, 4.69) is 29.0 Å². The maximum atomic E-state index is 12.5. The summed E-state index contributed by atoms with van der Waals surface area (Å²) in [6, 6.07) is 0. The maximum Gasteiger partial charge on any atom is 0.293 e. The molecule has 1 aromatic heterocycles. The third-order valence-electron chi connectivity index (χ3n) is 2.83. The molecule has 0 bridgehead atoms. The summed E-state index contributed by atoms with van der Waals surface area (Å²) >= 11 is 0. The van der Waals surface area contributed by atoms with Crippen LogP contribution >= 0.6 is 0 Å². The predicted molar refractivity (Wildman–Crippen MR) is 77.7 cm³/mol. The largest absolute Gasteiger partial charge is 0.383 e. The van der Waals surface area contributed by atoms with Crippen molar-refractivity contribution in [2.24, 2.45) is 5.92 Å². The summed E-state index contributed by atoms with van der Waals surface area (Å²) in [5.74, 6) is 1.18. The van der Waals surface area contributed by atoms with Gasteiger partial charge in [-0.25, -0.2) is 4.98 Å². The first-order valence-corrected chi connectivity index (χ1v) is 6.96. The van der Waals surface area contributed by atoms with E-state index in [1.807, 2.05) is 20.8 Å². The summed E-state index contributed by atoms with van der Waals surface area (Å²) in [4.78, 5) is 18.5. The van der Waals surface area contributed by atoms with Crippen molar-refractivity contribution in [1.82, 2.24) is 20.1 Å². The first-order chi connectivity index (χ1) is 9.25. The number of carbonyl (C=O) groups is 1. The zero-order valence-corrected chi connectivity index (χ0v) is 13.4. The Hall–Kier alpha value is -1.43. The quantitative estimate of drug-likeness (QED) is 0.864. The highest BCUT2D eigenvalue weighted by Crippen LogP contribution is 2.17. The molecular weight excluding hydrogens is 256 g/mol. The molecule has 20 heavy (non-hydrogen) atoms. The molecule has 1 amide bonds. The standard InChI is InChI=1S/C14H26N4O2/c1-10(2)9-18(7-8-20-6)12(19)11-15-13(17-16-11)14(3,4)5/h10H,7-9H2,1-6H3,(H,15,16,17). The Balaban J connectivity index is 2.85. The Morgan fingerprint density at radius 1 is 1.40 bits per heavy atom. The number of hydrogen-bond donors (Lipinski definition) is 1. The fourth-order valence-corrected chi connectivity index (χ4v) is 1.75. The van der Waals surface area contributed by atoms with Crippen LogP contribution in [0.15, 0.2) is 0 Å². The van der Waals surface area contributed by atoms with E-state index in [1.165, 1.54) is 0 Å². The van der Waals surface area contributed by atoms with Crippen LogP contribution in [0.1, 0.15) is 51.1 Å². The van der Waals surface area contributed by atoms with E-state index in [-0.39, 0.29) is 17.1 Å². The third kappa shape index (κ3) is 4.59. The summed E-state index contributed by atoms with van der Waals surface area (Å²) < 4.78 is 5.06. The van der Waals surface area contributed by atoms with Crippen LogP contribution in [-0.4, -0.2) is 52.8 Å². The van der Waals surface area contributed by atoms with Crippen molar-refractivity contribution in [2.45, 2.75) is 40.0 Å². The molecule has 0 saturated carbocycles. The van der Waals surface area contributed by atoms with Crippen molar-refractivity contribution in [3.63, 3.8) is 0 Å². The molecule has 0 radical (unpaired) electrons. The van der Waals surface area contributed by atoms with Crippen molar-refractivity contribution in [3.8, 4) is 0 Å². The smallest absolute Gasteiger partial charge is 0.293 e. The molecule has 0 aromatic carbocycles. The molecule has 0 unspecified atom stereocenters. The van der Waals surface area contributed by atoms with Crippen molar-refractivity contribution < 1.29 is 9.53 Å². The van der Waals surface area contributed by atoms with Crippen molar-refractivity contribution in [3.05, 3.63) is 11.6 Å². The number of methoxy groups -OCH3 is 1. The van der Waals surface area contributed by atoms with Gasteiger partial charge in [-0.3, -0.25) is 9.89 Å². The highest BCUT2D eigenvalue weighted by atomic mass is 16.5. The molecule has 0 fully saturated rings. The van der Waals surface area contributed by atoms with Gasteiger partial charge in [0.15, 0.2) is 0 Å². The van der Waals surface area contributed by atoms with E-state index in [1.54, 1.807) is 12.0 Å². The Morgan fingerprint density at radius 3 is 2.50 bits per heavy atom.